The number of nitrogens with one attached hydrogen (secondary N) is 1. The lowest BCUT2D eigenvalue weighted by molar-refractivity contribution is 0.284. The van der Waals surface area contributed by atoms with Gasteiger partial charge in [0.15, 0.2) is 11.5 Å². The molecule has 0 saturated carbocycles. The molecule has 5 nitrogen and oxygen atoms in total. The lowest BCUT2D eigenvalue weighted by Crippen LogP contribution is -2.18. The van der Waals surface area contributed by atoms with Gasteiger partial charge in [0, 0.05) is 31.2 Å². The van der Waals surface area contributed by atoms with E-state index in [9.17, 15) is 0 Å². The van der Waals surface area contributed by atoms with Crippen molar-refractivity contribution < 1.29 is 9.47 Å². The summed E-state index contributed by atoms with van der Waals surface area (Å²) in [7, 11) is 1.66. The minimum absolute atomic E-state index is 0.167. The molecule has 1 atom stereocenters. The Kier molecular flexibility index (Phi) is 6.17. The molecule has 5 heteroatoms. The van der Waals surface area contributed by atoms with Gasteiger partial charge in [0.2, 0.25) is 0 Å². The predicted octanol–water partition coefficient (Wildman–Crippen LogP) is 3.92. The summed E-state index contributed by atoms with van der Waals surface area (Å²) in [5.74, 6) is 1.45. The van der Waals surface area contributed by atoms with Crippen LogP contribution >= 0.6 is 0 Å². The van der Waals surface area contributed by atoms with Gasteiger partial charge in [-0.2, -0.15) is 0 Å². The summed E-state index contributed by atoms with van der Waals surface area (Å²) in [5.41, 5.74) is 3.22. The summed E-state index contributed by atoms with van der Waals surface area (Å²) < 4.78 is 11.4. The Balaban J connectivity index is 1.63. The molecule has 0 amide bonds. The SMILES string of the molecule is COc1cc([C@H](C)NCc2ccccn2)ccc1OCc1ccncc1. The van der Waals surface area contributed by atoms with Gasteiger partial charge in [-0.3, -0.25) is 9.97 Å². The maximum absolute atomic E-state index is 5.89. The summed E-state index contributed by atoms with van der Waals surface area (Å²) in [4.78, 5) is 8.35. The van der Waals surface area contributed by atoms with Gasteiger partial charge in [0.05, 0.1) is 12.8 Å². The first-order valence-electron chi connectivity index (χ1n) is 8.59. The van der Waals surface area contributed by atoms with Crippen LogP contribution in [0.3, 0.4) is 0 Å². The molecule has 0 aliphatic rings. The number of rotatable bonds is 8. The Morgan fingerprint density at radius 1 is 1.00 bits per heavy atom. The fourth-order valence-electron chi connectivity index (χ4n) is 2.59. The van der Waals surface area contributed by atoms with Gasteiger partial charge in [0.25, 0.3) is 0 Å². The second kappa shape index (κ2) is 8.97. The third-order valence-corrected chi connectivity index (χ3v) is 4.15. The molecule has 0 bridgehead atoms. The Bertz CT molecular complexity index is 810. The minimum atomic E-state index is 0.167. The van der Waals surface area contributed by atoms with E-state index >= 15 is 0 Å². The van der Waals surface area contributed by atoms with Gasteiger partial charge in [-0.25, -0.2) is 0 Å². The van der Waals surface area contributed by atoms with Crippen molar-refractivity contribution in [3.05, 3.63) is 83.9 Å². The first-order valence-corrected chi connectivity index (χ1v) is 8.59. The number of methoxy groups -OCH3 is 1. The van der Waals surface area contributed by atoms with Gasteiger partial charge in [-0.05, 0) is 54.4 Å². The molecule has 0 saturated heterocycles. The molecule has 2 aromatic heterocycles. The number of hydrogen-bond acceptors (Lipinski definition) is 5. The number of benzene rings is 1. The number of ether oxygens (including phenoxy) is 2. The lowest BCUT2D eigenvalue weighted by atomic mass is 10.1. The van der Waals surface area contributed by atoms with Crippen molar-refractivity contribution >= 4 is 0 Å². The molecule has 0 spiro atoms. The second-order valence-corrected chi connectivity index (χ2v) is 5.98. The zero-order valence-electron chi connectivity index (χ0n) is 15.1. The zero-order chi connectivity index (χ0) is 18.2. The highest BCUT2D eigenvalue weighted by atomic mass is 16.5. The Morgan fingerprint density at radius 2 is 1.85 bits per heavy atom. The standard InChI is InChI=1S/C21H23N3O2/c1-16(24-14-19-5-3-4-10-23-19)18-6-7-20(21(13-18)25-2)26-15-17-8-11-22-12-9-17/h3-13,16,24H,14-15H2,1-2H3/t16-/m0/s1. The molecule has 0 unspecified atom stereocenters. The minimum Gasteiger partial charge on any atom is -0.493 e. The Morgan fingerprint density at radius 3 is 2.58 bits per heavy atom. The molecule has 134 valence electrons. The van der Waals surface area contributed by atoms with Crippen molar-refractivity contribution in [2.45, 2.75) is 26.1 Å². The molecule has 3 rings (SSSR count). The molecule has 0 aliphatic carbocycles. The third kappa shape index (κ3) is 4.80. The summed E-state index contributed by atoms with van der Waals surface area (Å²) in [6.07, 6.45) is 5.32. The van der Waals surface area contributed by atoms with Crippen LogP contribution in [-0.2, 0) is 13.2 Å². The quantitative estimate of drug-likeness (QED) is 0.668. The van der Waals surface area contributed by atoms with Crippen molar-refractivity contribution in [1.82, 2.24) is 15.3 Å². The summed E-state index contributed by atoms with van der Waals surface area (Å²) >= 11 is 0. The highest BCUT2D eigenvalue weighted by molar-refractivity contribution is 5.44. The van der Waals surface area contributed by atoms with E-state index < -0.39 is 0 Å². The molecule has 0 aliphatic heterocycles. The van der Waals surface area contributed by atoms with Crippen LogP contribution in [-0.4, -0.2) is 17.1 Å². The lowest BCUT2D eigenvalue weighted by Gasteiger charge is -2.17. The Labute approximate surface area is 154 Å². The maximum atomic E-state index is 5.89. The molecule has 2 heterocycles. The first-order chi connectivity index (χ1) is 12.8. The van der Waals surface area contributed by atoms with E-state index in [1.807, 2.05) is 42.5 Å². The average molecular weight is 349 g/mol. The largest absolute Gasteiger partial charge is 0.493 e. The molecular weight excluding hydrogens is 326 g/mol. The summed E-state index contributed by atoms with van der Waals surface area (Å²) in [6, 6.07) is 16.0. The predicted molar refractivity (Wildman–Crippen MR) is 101 cm³/mol. The van der Waals surface area contributed by atoms with Crippen molar-refractivity contribution in [1.29, 1.82) is 0 Å². The summed E-state index contributed by atoms with van der Waals surface area (Å²) in [5, 5.41) is 3.48. The smallest absolute Gasteiger partial charge is 0.161 e. The fourth-order valence-corrected chi connectivity index (χ4v) is 2.59. The Hall–Kier alpha value is -2.92. The molecule has 1 aromatic carbocycles. The van der Waals surface area contributed by atoms with E-state index in [-0.39, 0.29) is 6.04 Å². The van der Waals surface area contributed by atoms with Crippen LogP contribution in [0.4, 0.5) is 0 Å². The van der Waals surface area contributed by atoms with Gasteiger partial charge >= 0.3 is 0 Å². The second-order valence-electron chi connectivity index (χ2n) is 5.98. The average Bonchev–Trinajstić information content (AvgIpc) is 2.72. The van der Waals surface area contributed by atoms with Gasteiger partial charge in [-0.15, -0.1) is 0 Å². The maximum Gasteiger partial charge on any atom is 0.161 e. The third-order valence-electron chi connectivity index (χ3n) is 4.15. The van der Waals surface area contributed by atoms with Crippen LogP contribution in [0.15, 0.2) is 67.1 Å². The first kappa shape index (κ1) is 17.9. The van der Waals surface area contributed by atoms with Gasteiger partial charge in [-0.1, -0.05) is 12.1 Å². The van der Waals surface area contributed by atoms with E-state index in [1.165, 1.54) is 0 Å². The van der Waals surface area contributed by atoms with Crippen LogP contribution in [0.2, 0.25) is 0 Å². The fraction of sp³-hybridized carbons (Fsp3) is 0.238. The van der Waals surface area contributed by atoms with E-state index in [4.69, 9.17) is 9.47 Å². The van der Waals surface area contributed by atoms with Crippen molar-refractivity contribution in [3.63, 3.8) is 0 Å². The van der Waals surface area contributed by atoms with E-state index in [1.54, 1.807) is 25.7 Å². The van der Waals surface area contributed by atoms with Crippen LogP contribution in [0, 0.1) is 0 Å². The van der Waals surface area contributed by atoms with E-state index in [0.717, 1.165) is 28.3 Å². The van der Waals surface area contributed by atoms with Crippen LogP contribution < -0.4 is 14.8 Å². The van der Waals surface area contributed by atoms with Crippen molar-refractivity contribution in [2.24, 2.45) is 0 Å². The molecule has 1 N–H and O–H groups in total. The highest BCUT2D eigenvalue weighted by Crippen LogP contribution is 2.31. The van der Waals surface area contributed by atoms with E-state index in [0.29, 0.717) is 13.2 Å². The molecular formula is C21H23N3O2. The zero-order valence-corrected chi connectivity index (χ0v) is 15.1. The molecule has 0 radical (unpaired) electrons. The van der Waals surface area contributed by atoms with Crippen LogP contribution in [0.1, 0.15) is 29.8 Å². The molecule has 3 aromatic rings. The van der Waals surface area contributed by atoms with Crippen LogP contribution in [0.25, 0.3) is 0 Å². The number of pyridine rings is 2. The highest BCUT2D eigenvalue weighted by Gasteiger charge is 2.11. The molecule has 0 fully saturated rings. The van der Waals surface area contributed by atoms with Crippen molar-refractivity contribution in [2.75, 3.05) is 7.11 Å². The topological polar surface area (TPSA) is 56.3 Å². The monoisotopic (exact) mass is 349 g/mol. The van der Waals surface area contributed by atoms with Gasteiger partial charge in [0.1, 0.15) is 6.61 Å². The van der Waals surface area contributed by atoms with Gasteiger partial charge < -0.3 is 14.8 Å². The summed E-state index contributed by atoms with van der Waals surface area (Å²) in [6.45, 7) is 3.31. The number of hydrogen-bond donors (Lipinski definition) is 1. The van der Waals surface area contributed by atoms with Crippen molar-refractivity contribution in [3.8, 4) is 11.5 Å². The van der Waals surface area contributed by atoms with Crippen LogP contribution in [0.5, 0.6) is 11.5 Å². The number of nitrogens with zero attached hydrogens (tertiary/aromatic N) is 2. The number of aromatic nitrogens is 2. The normalized spacial score (nSPS) is 11.8. The van der Waals surface area contributed by atoms with E-state index in [2.05, 4.69) is 28.3 Å². The molecule has 26 heavy (non-hydrogen) atoms.